The summed E-state index contributed by atoms with van der Waals surface area (Å²) in [6, 6.07) is 19.5. The molecule has 0 N–H and O–H groups in total. The van der Waals surface area contributed by atoms with Crippen molar-refractivity contribution in [2.24, 2.45) is 0 Å². The van der Waals surface area contributed by atoms with Gasteiger partial charge in [0.25, 0.3) is 0 Å². The second-order valence-corrected chi connectivity index (χ2v) is 7.49. The number of methoxy groups -OCH3 is 3. The lowest BCUT2D eigenvalue weighted by Gasteiger charge is -2.29. The van der Waals surface area contributed by atoms with Crippen molar-refractivity contribution < 1.29 is 28.5 Å². The van der Waals surface area contributed by atoms with Crippen LogP contribution in [0.2, 0.25) is 0 Å². The van der Waals surface area contributed by atoms with E-state index in [0.29, 0.717) is 30.3 Å². The second-order valence-electron chi connectivity index (χ2n) is 7.49. The van der Waals surface area contributed by atoms with Crippen molar-refractivity contribution in [3.8, 4) is 28.4 Å². The minimum Gasteiger partial charge on any atom is -0.493 e. The first-order chi connectivity index (χ1) is 15.7. The van der Waals surface area contributed by atoms with Gasteiger partial charge >= 0.3 is 5.97 Å². The third-order valence-electron chi connectivity index (χ3n) is 5.58. The Kier molecular flexibility index (Phi) is 6.61. The van der Waals surface area contributed by atoms with Crippen molar-refractivity contribution in [1.82, 2.24) is 0 Å². The molecule has 1 atom stereocenters. The van der Waals surface area contributed by atoms with E-state index in [1.54, 1.807) is 14.2 Å². The molecule has 0 unspecified atom stereocenters. The van der Waals surface area contributed by atoms with Crippen molar-refractivity contribution in [3.05, 3.63) is 77.4 Å². The fourth-order valence-corrected chi connectivity index (χ4v) is 4.06. The van der Waals surface area contributed by atoms with Gasteiger partial charge in [0.15, 0.2) is 18.3 Å². The van der Waals surface area contributed by atoms with E-state index in [2.05, 4.69) is 0 Å². The highest BCUT2D eigenvalue weighted by molar-refractivity contribution is 5.89. The zero-order chi connectivity index (χ0) is 22.5. The SMILES string of the molecule is COCOc1c(OC)ccc2c1-c1cc(OCc3ccccc3)ccc1[C@H](C(=O)OC)C2. The molecule has 0 heterocycles. The highest BCUT2D eigenvalue weighted by atomic mass is 16.7. The summed E-state index contributed by atoms with van der Waals surface area (Å²) in [5, 5.41) is 0. The largest absolute Gasteiger partial charge is 0.493 e. The van der Waals surface area contributed by atoms with E-state index in [9.17, 15) is 4.79 Å². The third kappa shape index (κ3) is 4.27. The Bertz CT molecular complexity index is 1090. The maximum Gasteiger partial charge on any atom is 0.313 e. The number of hydrogen-bond acceptors (Lipinski definition) is 6. The summed E-state index contributed by atoms with van der Waals surface area (Å²) in [7, 11) is 4.58. The Labute approximate surface area is 187 Å². The van der Waals surface area contributed by atoms with Gasteiger partial charge in [0.2, 0.25) is 0 Å². The highest BCUT2D eigenvalue weighted by Gasteiger charge is 2.33. The molecule has 1 aliphatic rings. The normalized spacial score (nSPS) is 14.2. The Morgan fingerprint density at radius 2 is 1.78 bits per heavy atom. The molecule has 0 saturated carbocycles. The molecule has 1 aliphatic carbocycles. The van der Waals surface area contributed by atoms with Crippen LogP contribution in [0.15, 0.2) is 60.7 Å². The molecular weight excluding hydrogens is 408 g/mol. The molecule has 0 amide bonds. The van der Waals surface area contributed by atoms with Gasteiger partial charge in [-0.25, -0.2) is 0 Å². The number of carbonyl (C=O) groups is 1. The molecule has 0 aromatic heterocycles. The van der Waals surface area contributed by atoms with Gasteiger partial charge in [-0.05, 0) is 46.9 Å². The lowest BCUT2D eigenvalue weighted by molar-refractivity contribution is -0.142. The monoisotopic (exact) mass is 434 g/mol. The van der Waals surface area contributed by atoms with E-state index in [1.165, 1.54) is 7.11 Å². The predicted molar refractivity (Wildman–Crippen MR) is 120 cm³/mol. The van der Waals surface area contributed by atoms with Crippen LogP contribution in [0.5, 0.6) is 17.2 Å². The van der Waals surface area contributed by atoms with Crippen LogP contribution in [0.25, 0.3) is 11.1 Å². The third-order valence-corrected chi connectivity index (χ3v) is 5.58. The van der Waals surface area contributed by atoms with Crippen LogP contribution in [0.3, 0.4) is 0 Å². The Morgan fingerprint density at radius 3 is 2.50 bits per heavy atom. The Balaban J connectivity index is 1.79. The standard InChI is InChI=1S/C26H26O6/c1-28-16-32-25-23(29-2)12-9-18-13-22(26(27)30-3)20-11-10-19(14-21(20)24(18)25)31-15-17-7-5-4-6-8-17/h4-12,14,22H,13,15-16H2,1-3H3/t22-/m1/s1. The lowest BCUT2D eigenvalue weighted by Crippen LogP contribution is -2.21. The van der Waals surface area contributed by atoms with Gasteiger partial charge in [-0.3, -0.25) is 4.79 Å². The molecule has 0 bridgehead atoms. The minimum atomic E-state index is -0.408. The topological polar surface area (TPSA) is 63.2 Å². The van der Waals surface area contributed by atoms with E-state index >= 15 is 0 Å². The molecule has 3 aromatic carbocycles. The number of fused-ring (bicyclic) bond motifs is 3. The molecule has 0 aliphatic heterocycles. The summed E-state index contributed by atoms with van der Waals surface area (Å²) >= 11 is 0. The van der Waals surface area contributed by atoms with Crippen molar-refractivity contribution in [3.63, 3.8) is 0 Å². The van der Waals surface area contributed by atoms with Gasteiger partial charge in [-0.2, -0.15) is 0 Å². The molecule has 0 fully saturated rings. The Morgan fingerprint density at radius 1 is 0.969 bits per heavy atom. The lowest BCUT2D eigenvalue weighted by atomic mass is 9.78. The van der Waals surface area contributed by atoms with Crippen LogP contribution in [-0.4, -0.2) is 34.1 Å². The van der Waals surface area contributed by atoms with Crippen LogP contribution < -0.4 is 14.2 Å². The van der Waals surface area contributed by atoms with Gasteiger partial charge in [0.05, 0.1) is 20.1 Å². The number of carbonyl (C=O) groups excluding carboxylic acids is 1. The van der Waals surface area contributed by atoms with Crippen LogP contribution in [-0.2, 0) is 27.3 Å². The first-order valence-corrected chi connectivity index (χ1v) is 10.4. The van der Waals surface area contributed by atoms with E-state index < -0.39 is 5.92 Å². The average Bonchev–Trinajstić information content (AvgIpc) is 2.85. The molecule has 6 heteroatoms. The van der Waals surface area contributed by atoms with E-state index in [4.69, 9.17) is 23.7 Å². The molecule has 0 saturated heterocycles. The summed E-state index contributed by atoms with van der Waals surface area (Å²) in [6.45, 7) is 0.519. The molecule has 0 spiro atoms. The maximum absolute atomic E-state index is 12.6. The number of ether oxygens (including phenoxy) is 5. The first kappa shape index (κ1) is 21.7. The second kappa shape index (κ2) is 9.75. The Hall–Kier alpha value is -3.51. The van der Waals surface area contributed by atoms with Crippen molar-refractivity contribution >= 4 is 5.97 Å². The van der Waals surface area contributed by atoms with Crippen LogP contribution >= 0.6 is 0 Å². The molecule has 6 nitrogen and oxygen atoms in total. The fourth-order valence-electron chi connectivity index (χ4n) is 4.06. The summed E-state index contributed by atoms with van der Waals surface area (Å²) in [5.74, 6) is 1.19. The van der Waals surface area contributed by atoms with E-state index in [1.807, 2.05) is 60.7 Å². The number of hydrogen-bond donors (Lipinski definition) is 0. The molecular formula is C26H26O6. The predicted octanol–water partition coefficient (Wildman–Crippen LogP) is 4.74. The molecule has 32 heavy (non-hydrogen) atoms. The molecule has 3 aromatic rings. The summed E-state index contributed by atoms with van der Waals surface area (Å²) < 4.78 is 27.8. The minimum absolute atomic E-state index is 0.0762. The van der Waals surface area contributed by atoms with Crippen LogP contribution in [0.4, 0.5) is 0 Å². The number of esters is 1. The quantitative estimate of drug-likeness (QED) is 0.377. The van der Waals surface area contributed by atoms with Gasteiger partial charge in [0.1, 0.15) is 12.4 Å². The van der Waals surface area contributed by atoms with Crippen molar-refractivity contribution in [1.29, 1.82) is 0 Å². The molecule has 166 valence electrons. The van der Waals surface area contributed by atoms with Gasteiger partial charge in [-0.1, -0.05) is 42.5 Å². The first-order valence-electron chi connectivity index (χ1n) is 10.4. The van der Waals surface area contributed by atoms with Gasteiger partial charge in [-0.15, -0.1) is 0 Å². The summed E-state index contributed by atoms with van der Waals surface area (Å²) in [6.07, 6.45) is 0.507. The van der Waals surface area contributed by atoms with Gasteiger partial charge in [0, 0.05) is 12.7 Å². The van der Waals surface area contributed by atoms with E-state index in [0.717, 1.165) is 27.8 Å². The van der Waals surface area contributed by atoms with Crippen molar-refractivity contribution in [2.75, 3.05) is 28.1 Å². The summed E-state index contributed by atoms with van der Waals surface area (Å²) in [5.41, 5.74) is 4.65. The van der Waals surface area contributed by atoms with Gasteiger partial charge < -0.3 is 23.7 Å². The maximum atomic E-state index is 12.6. The number of rotatable bonds is 8. The molecule has 4 rings (SSSR count). The average molecular weight is 434 g/mol. The fraction of sp³-hybridized carbons (Fsp3) is 0.269. The smallest absolute Gasteiger partial charge is 0.313 e. The molecule has 0 radical (unpaired) electrons. The zero-order valence-electron chi connectivity index (χ0n) is 18.4. The van der Waals surface area contributed by atoms with E-state index in [-0.39, 0.29) is 12.8 Å². The highest BCUT2D eigenvalue weighted by Crippen LogP contribution is 2.49. The summed E-state index contributed by atoms with van der Waals surface area (Å²) in [4.78, 5) is 12.6. The van der Waals surface area contributed by atoms with Crippen LogP contribution in [0.1, 0.15) is 22.6 Å². The van der Waals surface area contributed by atoms with Crippen molar-refractivity contribution in [2.45, 2.75) is 18.9 Å². The zero-order valence-corrected chi connectivity index (χ0v) is 18.4. The number of benzene rings is 3. The van der Waals surface area contributed by atoms with Crippen LogP contribution in [0, 0.1) is 0 Å².